The average Bonchev–Trinajstić information content (AvgIpc) is 3.45. The molecule has 0 amide bonds. The summed E-state index contributed by atoms with van der Waals surface area (Å²) >= 11 is 0. The van der Waals surface area contributed by atoms with Crippen molar-refractivity contribution in [2.75, 3.05) is 20.8 Å². The highest BCUT2D eigenvalue weighted by Crippen LogP contribution is 2.87. The van der Waals surface area contributed by atoms with Gasteiger partial charge in [0.25, 0.3) is 0 Å². The summed E-state index contributed by atoms with van der Waals surface area (Å²) in [6.07, 6.45) is 4.96. The van der Waals surface area contributed by atoms with E-state index in [2.05, 4.69) is 18.4 Å². The Hall–Kier alpha value is -3.32. The molecule has 0 N–H and O–H groups in total. The van der Waals surface area contributed by atoms with Crippen LogP contribution in [0.3, 0.4) is 0 Å². The summed E-state index contributed by atoms with van der Waals surface area (Å²) in [6, 6.07) is 15.3. The lowest BCUT2D eigenvalue weighted by Crippen LogP contribution is -2.69. The number of carbonyl (C=O) groups is 2. The topological polar surface area (TPSA) is 74.3 Å². The van der Waals surface area contributed by atoms with Crippen molar-refractivity contribution in [2.24, 2.45) is 39.9 Å². The molecule has 7 nitrogen and oxygen atoms in total. The van der Waals surface area contributed by atoms with E-state index in [4.69, 9.17) is 18.9 Å². The minimum atomic E-state index is -0.370. The number of ether oxygens (including phenoxy) is 4. The van der Waals surface area contributed by atoms with Crippen molar-refractivity contribution in [1.82, 2.24) is 4.90 Å². The fraction of sp³-hybridized carbons (Fsp3) is 0.556. The first-order chi connectivity index (χ1) is 20.8. The molecule has 3 heterocycles. The molecule has 12 atom stereocenters. The number of hydrogen-bond acceptors (Lipinski definition) is 7. The highest BCUT2D eigenvalue weighted by molar-refractivity contribution is 5.90. The van der Waals surface area contributed by atoms with Crippen LogP contribution in [0.4, 0.5) is 0 Å². The third-order valence-corrected chi connectivity index (χ3v) is 13.4. The zero-order valence-corrected chi connectivity index (χ0v) is 25.1. The van der Waals surface area contributed by atoms with Gasteiger partial charge in [0.15, 0.2) is 0 Å². The van der Waals surface area contributed by atoms with E-state index < -0.39 is 0 Å². The van der Waals surface area contributed by atoms with Gasteiger partial charge in [0, 0.05) is 35.9 Å². The summed E-state index contributed by atoms with van der Waals surface area (Å²) in [5, 5.41) is 0. The van der Waals surface area contributed by atoms with Gasteiger partial charge in [-0.05, 0) is 102 Å². The van der Waals surface area contributed by atoms with Crippen molar-refractivity contribution < 1.29 is 28.5 Å². The van der Waals surface area contributed by atoms with Crippen LogP contribution in [0.15, 0.2) is 60.7 Å². The van der Waals surface area contributed by atoms with E-state index in [0.717, 1.165) is 18.4 Å². The molecular weight excluding hydrogens is 542 g/mol. The van der Waals surface area contributed by atoms with Gasteiger partial charge < -0.3 is 18.9 Å². The molecule has 2 spiro atoms. The summed E-state index contributed by atoms with van der Waals surface area (Å²) in [6.45, 7) is 8.30. The fourth-order valence-corrected chi connectivity index (χ4v) is 12.6. The molecule has 0 radical (unpaired) electrons. The van der Waals surface area contributed by atoms with E-state index in [1.54, 1.807) is 50.6 Å². The Morgan fingerprint density at radius 3 is 2.12 bits per heavy atom. The van der Waals surface area contributed by atoms with Crippen LogP contribution in [0.25, 0.3) is 0 Å². The van der Waals surface area contributed by atoms with Gasteiger partial charge in [-0.3, -0.25) is 4.90 Å². The summed E-state index contributed by atoms with van der Waals surface area (Å²) in [7, 11) is 3.24. The van der Waals surface area contributed by atoms with Crippen molar-refractivity contribution >= 4 is 11.9 Å². The highest BCUT2D eigenvalue weighted by Gasteiger charge is 2.90. The monoisotopic (exact) mass is 581 g/mol. The lowest BCUT2D eigenvalue weighted by Gasteiger charge is -2.66. The molecule has 224 valence electrons. The quantitative estimate of drug-likeness (QED) is 0.328. The van der Waals surface area contributed by atoms with Crippen LogP contribution in [-0.4, -0.2) is 61.9 Å². The van der Waals surface area contributed by atoms with E-state index in [-0.39, 0.29) is 46.8 Å². The van der Waals surface area contributed by atoms with Crippen LogP contribution in [-0.2, 0) is 9.47 Å². The number of carbonyl (C=O) groups excluding carboxylic acids is 2. The summed E-state index contributed by atoms with van der Waals surface area (Å²) in [5.74, 6) is 1.96. The van der Waals surface area contributed by atoms with Gasteiger partial charge in [0.05, 0.1) is 25.3 Å². The second-order valence-electron chi connectivity index (χ2n) is 14.7. The number of methoxy groups -OCH3 is 2. The van der Waals surface area contributed by atoms with Gasteiger partial charge in [0.1, 0.15) is 23.7 Å². The van der Waals surface area contributed by atoms with Crippen LogP contribution in [0.2, 0.25) is 0 Å². The molecule has 43 heavy (non-hydrogen) atoms. The molecule has 2 aromatic rings. The molecule has 7 heteroatoms. The summed E-state index contributed by atoms with van der Waals surface area (Å²) in [5.41, 5.74) is 2.11. The number of esters is 2. The minimum absolute atomic E-state index is 0.0296. The van der Waals surface area contributed by atoms with Gasteiger partial charge in [-0.1, -0.05) is 19.9 Å². The van der Waals surface area contributed by atoms with Gasteiger partial charge in [-0.2, -0.15) is 0 Å². The molecule has 0 aromatic heterocycles. The maximum absolute atomic E-state index is 13.8. The Morgan fingerprint density at radius 2 is 1.49 bits per heavy atom. The third kappa shape index (κ3) is 2.96. The predicted octanol–water partition coefficient (Wildman–Crippen LogP) is 5.54. The van der Waals surface area contributed by atoms with Crippen LogP contribution in [0.1, 0.15) is 59.7 Å². The first kappa shape index (κ1) is 26.1. The van der Waals surface area contributed by atoms with E-state index in [1.807, 2.05) is 12.1 Å². The third-order valence-electron chi connectivity index (χ3n) is 13.4. The highest BCUT2D eigenvalue weighted by atomic mass is 16.6. The van der Waals surface area contributed by atoms with Gasteiger partial charge in [-0.15, -0.1) is 0 Å². The van der Waals surface area contributed by atoms with E-state index >= 15 is 0 Å². The lowest BCUT2D eigenvalue weighted by molar-refractivity contribution is -0.213. The number of hydrogen-bond donors (Lipinski definition) is 0. The Bertz CT molecular complexity index is 1550. The Morgan fingerprint density at radius 1 is 0.860 bits per heavy atom. The number of fused-ring (bicyclic) bond motifs is 1. The van der Waals surface area contributed by atoms with Crippen LogP contribution in [0, 0.1) is 39.9 Å². The van der Waals surface area contributed by atoms with E-state index in [1.165, 1.54) is 25.8 Å². The zero-order valence-electron chi connectivity index (χ0n) is 25.1. The Labute approximate surface area is 252 Å². The average molecular weight is 582 g/mol. The summed E-state index contributed by atoms with van der Waals surface area (Å²) < 4.78 is 23.9. The maximum atomic E-state index is 13.8. The Balaban J connectivity index is 1.13. The lowest BCUT2D eigenvalue weighted by atomic mass is 9.39. The van der Waals surface area contributed by atoms with Crippen molar-refractivity contribution in [1.29, 1.82) is 0 Å². The molecule has 11 rings (SSSR count). The number of nitrogens with zero attached hydrogens (tertiary/aromatic N) is 1. The second kappa shape index (κ2) is 8.44. The molecule has 9 bridgehead atoms. The fourth-order valence-electron chi connectivity index (χ4n) is 12.6. The van der Waals surface area contributed by atoms with Crippen molar-refractivity contribution in [3.05, 3.63) is 71.8 Å². The standard InChI is InChI=1S/C36H39NO6/c1-19-24-16-25-30-35-15-5-14-34(2)18-37(30)26(28(34)35)17-36(25,31(19)43-33(39)21-8-12-23(41-4)13-9-21)29(35)27(24)42-32(38)20-6-10-22(40-3)11-7-20/h6-13,24-31H,1,5,14-18H2,2-4H3/t24-,25-,26+,27+,28-,29+,30?,31-,34+,35+,36-/m1/s1. The van der Waals surface area contributed by atoms with E-state index in [9.17, 15) is 9.59 Å². The smallest absolute Gasteiger partial charge is 0.338 e. The van der Waals surface area contributed by atoms with Crippen LogP contribution in [0.5, 0.6) is 11.5 Å². The number of piperidine rings is 2. The first-order valence-electron chi connectivity index (χ1n) is 15.9. The Kier molecular flexibility index (Phi) is 5.12. The molecule has 3 aliphatic heterocycles. The second-order valence-corrected chi connectivity index (χ2v) is 14.7. The first-order valence-corrected chi connectivity index (χ1v) is 15.9. The molecule has 2 aromatic carbocycles. The predicted molar refractivity (Wildman–Crippen MR) is 158 cm³/mol. The van der Waals surface area contributed by atoms with Crippen molar-refractivity contribution in [3.8, 4) is 11.5 Å². The van der Waals surface area contributed by atoms with Gasteiger partial charge in [0.2, 0.25) is 0 Å². The largest absolute Gasteiger partial charge is 0.497 e. The van der Waals surface area contributed by atoms with Gasteiger partial charge >= 0.3 is 11.9 Å². The summed E-state index contributed by atoms with van der Waals surface area (Å²) in [4.78, 5) is 30.4. The number of rotatable bonds is 6. The van der Waals surface area contributed by atoms with E-state index in [0.29, 0.717) is 52.0 Å². The zero-order chi connectivity index (χ0) is 29.5. The molecule has 9 aliphatic rings. The van der Waals surface area contributed by atoms with Crippen LogP contribution < -0.4 is 9.47 Å². The maximum Gasteiger partial charge on any atom is 0.338 e. The van der Waals surface area contributed by atoms with Crippen molar-refractivity contribution in [2.45, 2.75) is 63.3 Å². The number of benzene rings is 2. The SMILES string of the molecule is C=C1[C@H]2C[C@@H]3C4N5C[C@]6(C)CCC[C@@]47[C@@H]6[C@@H]5C[C@]3([C@@H]1OC(=O)c1ccc(OC)cc1)[C@H]7[C@H]2OC(=O)c1ccc(OC)cc1. The molecule has 3 saturated heterocycles. The van der Waals surface area contributed by atoms with Crippen LogP contribution >= 0.6 is 0 Å². The molecule has 9 fully saturated rings. The molecular formula is C36H39NO6. The molecule has 2 unspecified atom stereocenters. The van der Waals surface area contributed by atoms with Crippen molar-refractivity contribution in [3.63, 3.8) is 0 Å². The molecule has 6 saturated carbocycles. The molecule has 6 aliphatic carbocycles. The minimum Gasteiger partial charge on any atom is -0.497 e. The normalized spacial score (nSPS) is 45.3. The van der Waals surface area contributed by atoms with Gasteiger partial charge in [-0.25, -0.2) is 9.59 Å².